The van der Waals surface area contributed by atoms with Crippen LogP contribution >= 0.6 is 0 Å². The minimum absolute atomic E-state index is 0.0308. The van der Waals surface area contributed by atoms with Gasteiger partial charge in [-0.3, -0.25) is 9.78 Å². The van der Waals surface area contributed by atoms with Crippen molar-refractivity contribution < 1.29 is 18.0 Å². The summed E-state index contributed by atoms with van der Waals surface area (Å²) in [7, 11) is 0. The van der Waals surface area contributed by atoms with Gasteiger partial charge in [0, 0.05) is 48.9 Å². The van der Waals surface area contributed by atoms with Crippen molar-refractivity contribution in [1.82, 2.24) is 25.3 Å². The molecular formula is C29H28F3N7O. The number of hydrogen-bond acceptors (Lipinski definition) is 7. The van der Waals surface area contributed by atoms with Crippen LogP contribution in [0.4, 0.5) is 30.5 Å². The number of nitrogens with zero attached hydrogens (tertiary/aromatic N) is 5. The molecule has 1 aromatic carbocycles. The van der Waals surface area contributed by atoms with Crippen LogP contribution in [-0.2, 0) is 4.79 Å². The van der Waals surface area contributed by atoms with Crippen molar-refractivity contribution in [3.05, 3.63) is 66.1 Å². The van der Waals surface area contributed by atoms with Crippen LogP contribution in [0.25, 0.3) is 22.3 Å². The van der Waals surface area contributed by atoms with Crippen LogP contribution < -0.4 is 15.5 Å². The Labute approximate surface area is 229 Å². The Morgan fingerprint density at radius 1 is 1.02 bits per heavy atom. The number of pyridine rings is 2. The molecule has 4 heterocycles. The number of hydrogen-bond donors (Lipinski definition) is 2. The molecule has 4 aromatic rings. The maximum Gasteiger partial charge on any atom is 0.223 e. The Morgan fingerprint density at radius 2 is 1.80 bits per heavy atom. The van der Waals surface area contributed by atoms with Gasteiger partial charge in [0.05, 0.1) is 11.7 Å². The Kier molecular flexibility index (Phi) is 7.19. The fourth-order valence-corrected chi connectivity index (χ4v) is 5.20. The molecule has 206 valence electrons. The molecule has 2 fully saturated rings. The van der Waals surface area contributed by atoms with Crippen molar-refractivity contribution in [1.29, 1.82) is 0 Å². The summed E-state index contributed by atoms with van der Waals surface area (Å²) in [5.41, 5.74) is 2.16. The second-order valence-corrected chi connectivity index (χ2v) is 10.2. The monoisotopic (exact) mass is 547 g/mol. The van der Waals surface area contributed by atoms with E-state index in [0.717, 1.165) is 29.6 Å². The van der Waals surface area contributed by atoms with Gasteiger partial charge in [-0.25, -0.2) is 28.1 Å². The fraction of sp³-hybridized carbons (Fsp3) is 0.345. The van der Waals surface area contributed by atoms with Crippen LogP contribution in [0, 0.1) is 17.6 Å². The zero-order chi connectivity index (χ0) is 27.6. The van der Waals surface area contributed by atoms with Crippen LogP contribution in [-0.4, -0.2) is 52.2 Å². The molecule has 2 N–H and O–H groups in total. The number of anilines is 3. The number of piperidine rings is 1. The lowest BCUT2D eigenvalue weighted by Crippen LogP contribution is -2.41. The molecule has 1 saturated heterocycles. The third kappa shape index (κ3) is 5.28. The Morgan fingerprint density at radius 3 is 2.52 bits per heavy atom. The molecule has 1 aliphatic heterocycles. The van der Waals surface area contributed by atoms with E-state index >= 15 is 0 Å². The number of para-hydroxylation sites is 1. The van der Waals surface area contributed by atoms with Crippen molar-refractivity contribution >= 4 is 34.1 Å². The predicted octanol–water partition coefficient (Wildman–Crippen LogP) is 5.29. The maximum atomic E-state index is 14.2. The largest absolute Gasteiger partial charge is 0.356 e. The topological polar surface area (TPSA) is 95.9 Å². The van der Waals surface area contributed by atoms with Crippen LogP contribution in [0.3, 0.4) is 0 Å². The first kappa shape index (κ1) is 26.0. The molecule has 6 rings (SSSR count). The summed E-state index contributed by atoms with van der Waals surface area (Å²) in [6.07, 6.45) is 8.57. The molecule has 3 aromatic heterocycles. The highest BCUT2D eigenvalue weighted by atomic mass is 19.1. The maximum absolute atomic E-state index is 14.2. The van der Waals surface area contributed by atoms with Gasteiger partial charge in [0.25, 0.3) is 0 Å². The molecule has 40 heavy (non-hydrogen) atoms. The minimum atomic E-state index is -0.725. The SMILES string of the molecule is O=C(NCCF)C1CCN(c2nc(-c3ccnc(Nc4c(F)cccc4F)c3)nc3cncc(C4CC4)c23)CC1. The molecule has 0 unspecified atom stereocenters. The molecule has 0 spiro atoms. The number of amides is 1. The average Bonchev–Trinajstić information content (AvgIpc) is 3.83. The van der Waals surface area contributed by atoms with Crippen LogP contribution in [0.2, 0.25) is 0 Å². The number of benzene rings is 1. The second kappa shape index (κ2) is 11.1. The van der Waals surface area contributed by atoms with Crippen LogP contribution in [0.5, 0.6) is 0 Å². The predicted molar refractivity (Wildman–Crippen MR) is 146 cm³/mol. The number of carbonyl (C=O) groups is 1. The summed E-state index contributed by atoms with van der Waals surface area (Å²) < 4.78 is 41.0. The summed E-state index contributed by atoms with van der Waals surface area (Å²) in [6, 6.07) is 7.04. The van der Waals surface area contributed by atoms with E-state index in [-0.39, 0.29) is 29.9 Å². The Balaban J connectivity index is 1.35. The van der Waals surface area contributed by atoms with Gasteiger partial charge in [0.15, 0.2) is 5.82 Å². The third-order valence-corrected chi connectivity index (χ3v) is 7.43. The molecule has 1 amide bonds. The van der Waals surface area contributed by atoms with Crippen molar-refractivity contribution in [3.8, 4) is 11.4 Å². The highest BCUT2D eigenvalue weighted by Gasteiger charge is 2.31. The number of fused-ring (bicyclic) bond motifs is 1. The van der Waals surface area contributed by atoms with Gasteiger partial charge in [-0.05, 0) is 61.4 Å². The van der Waals surface area contributed by atoms with Gasteiger partial charge in [0.1, 0.15) is 35.6 Å². The van der Waals surface area contributed by atoms with Gasteiger partial charge in [-0.2, -0.15) is 0 Å². The first-order valence-electron chi connectivity index (χ1n) is 13.4. The van der Waals surface area contributed by atoms with E-state index in [1.54, 1.807) is 18.3 Å². The van der Waals surface area contributed by atoms with Crippen LogP contribution in [0.1, 0.15) is 37.2 Å². The van der Waals surface area contributed by atoms with E-state index in [1.165, 1.54) is 24.4 Å². The molecule has 0 bridgehead atoms. The number of alkyl halides is 1. The number of rotatable bonds is 8. The number of carbonyl (C=O) groups excluding carboxylic acids is 1. The lowest BCUT2D eigenvalue weighted by Gasteiger charge is -2.33. The van der Waals surface area contributed by atoms with E-state index in [4.69, 9.17) is 9.97 Å². The molecule has 1 saturated carbocycles. The highest BCUT2D eigenvalue weighted by Crippen LogP contribution is 2.45. The van der Waals surface area contributed by atoms with Gasteiger partial charge in [-0.1, -0.05) is 6.07 Å². The van der Waals surface area contributed by atoms with Gasteiger partial charge in [-0.15, -0.1) is 0 Å². The Hall–Kier alpha value is -4.28. The van der Waals surface area contributed by atoms with E-state index in [0.29, 0.717) is 48.8 Å². The smallest absolute Gasteiger partial charge is 0.223 e. The van der Waals surface area contributed by atoms with Crippen molar-refractivity contribution in [2.24, 2.45) is 5.92 Å². The first-order valence-corrected chi connectivity index (χ1v) is 13.4. The zero-order valence-electron chi connectivity index (χ0n) is 21.7. The molecule has 1 aliphatic carbocycles. The summed E-state index contributed by atoms with van der Waals surface area (Å²) >= 11 is 0. The van der Waals surface area contributed by atoms with Gasteiger partial charge in [0.2, 0.25) is 5.91 Å². The highest BCUT2D eigenvalue weighted by molar-refractivity contribution is 5.94. The number of aromatic nitrogens is 4. The zero-order valence-corrected chi connectivity index (χ0v) is 21.7. The van der Waals surface area contributed by atoms with E-state index in [1.807, 2.05) is 6.20 Å². The normalized spacial score (nSPS) is 15.8. The third-order valence-electron chi connectivity index (χ3n) is 7.43. The molecule has 8 nitrogen and oxygen atoms in total. The minimum Gasteiger partial charge on any atom is -0.356 e. The summed E-state index contributed by atoms with van der Waals surface area (Å²) in [5, 5.41) is 6.34. The summed E-state index contributed by atoms with van der Waals surface area (Å²) in [6.45, 7) is 0.672. The molecule has 0 atom stereocenters. The lowest BCUT2D eigenvalue weighted by atomic mass is 9.95. The van der Waals surface area contributed by atoms with E-state index in [2.05, 4.69) is 25.5 Å². The average molecular weight is 548 g/mol. The lowest BCUT2D eigenvalue weighted by molar-refractivity contribution is -0.125. The summed E-state index contributed by atoms with van der Waals surface area (Å²) in [4.78, 5) is 33.1. The van der Waals surface area contributed by atoms with Gasteiger partial charge < -0.3 is 15.5 Å². The molecule has 0 radical (unpaired) electrons. The standard InChI is InChI=1S/C29H28F3N7O/c30-9-11-35-29(40)18-7-12-39(13-8-18)28-25-20(17-4-5-17)15-33-16-23(25)36-27(38-28)19-6-10-34-24(14-19)37-26-21(31)2-1-3-22(26)32/h1-3,6,10,14-18H,4-5,7-9,11-13H2,(H,34,37)(H,35,40). The van der Waals surface area contributed by atoms with Crippen molar-refractivity contribution in [2.75, 3.05) is 36.5 Å². The number of halogens is 3. The second-order valence-electron chi connectivity index (χ2n) is 10.2. The quantitative estimate of drug-likeness (QED) is 0.310. The fourth-order valence-electron chi connectivity index (χ4n) is 5.20. The molecule has 11 heteroatoms. The summed E-state index contributed by atoms with van der Waals surface area (Å²) in [5.74, 6) is 0.133. The molecule has 2 aliphatic rings. The van der Waals surface area contributed by atoms with Crippen LogP contribution in [0.15, 0.2) is 48.9 Å². The van der Waals surface area contributed by atoms with Crippen molar-refractivity contribution in [2.45, 2.75) is 31.6 Å². The van der Waals surface area contributed by atoms with E-state index < -0.39 is 18.3 Å². The Bertz CT molecular complexity index is 1530. The van der Waals surface area contributed by atoms with Crippen molar-refractivity contribution in [3.63, 3.8) is 0 Å². The van der Waals surface area contributed by atoms with E-state index in [9.17, 15) is 18.0 Å². The number of nitrogens with one attached hydrogen (secondary N) is 2. The van der Waals surface area contributed by atoms with Gasteiger partial charge >= 0.3 is 0 Å². The molecular weight excluding hydrogens is 519 g/mol. The first-order chi connectivity index (χ1) is 19.5.